The van der Waals surface area contributed by atoms with Gasteiger partial charge in [0.1, 0.15) is 5.75 Å². The molecule has 82 valence electrons. The number of para-hydroxylation sites is 1. The third kappa shape index (κ3) is 4.74. The highest BCUT2D eigenvalue weighted by atomic mass is 32.2. The van der Waals surface area contributed by atoms with Crippen LogP contribution in [0.3, 0.4) is 0 Å². The Bertz CT molecular complexity index is 325. The lowest BCUT2D eigenvalue weighted by Crippen LogP contribution is -1.94. The van der Waals surface area contributed by atoms with Gasteiger partial charge >= 0.3 is 5.97 Å². The van der Waals surface area contributed by atoms with Crippen LogP contribution in [-0.2, 0) is 4.79 Å². The van der Waals surface area contributed by atoms with Crippen LogP contribution >= 0.6 is 11.8 Å². The van der Waals surface area contributed by atoms with Crippen LogP contribution in [0.1, 0.15) is 19.3 Å². The molecule has 0 bridgehead atoms. The Labute approximate surface area is 93.1 Å². The maximum absolute atomic E-state index is 10.2. The van der Waals surface area contributed by atoms with E-state index < -0.39 is 5.97 Å². The SMILES string of the molecule is O=C(O)CCCCSc1ccccc1O. The van der Waals surface area contributed by atoms with Crippen molar-refractivity contribution < 1.29 is 15.0 Å². The van der Waals surface area contributed by atoms with Crippen LogP contribution in [0.25, 0.3) is 0 Å². The van der Waals surface area contributed by atoms with Gasteiger partial charge in [0.25, 0.3) is 0 Å². The number of hydrogen-bond acceptors (Lipinski definition) is 3. The van der Waals surface area contributed by atoms with E-state index in [2.05, 4.69) is 0 Å². The Kier molecular flexibility index (Phi) is 5.04. The van der Waals surface area contributed by atoms with Crippen molar-refractivity contribution in [3.63, 3.8) is 0 Å². The maximum Gasteiger partial charge on any atom is 0.303 e. The van der Waals surface area contributed by atoms with Gasteiger partial charge in [-0.25, -0.2) is 0 Å². The van der Waals surface area contributed by atoms with E-state index in [1.54, 1.807) is 23.9 Å². The average molecular weight is 226 g/mol. The molecular formula is C11H14O3S. The molecule has 0 fully saturated rings. The van der Waals surface area contributed by atoms with Gasteiger partial charge in [0.2, 0.25) is 0 Å². The zero-order valence-electron chi connectivity index (χ0n) is 8.35. The molecule has 0 aromatic heterocycles. The second-order valence-electron chi connectivity index (χ2n) is 3.17. The van der Waals surface area contributed by atoms with Gasteiger partial charge in [-0.2, -0.15) is 0 Å². The first-order valence-corrected chi connectivity index (χ1v) is 5.81. The summed E-state index contributed by atoms with van der Waals surface area (Å²) in [5.41, 5.74) is 0. The van der Waals surface area contributed by atoms with Crippen molar-refractivity contribution in [3.05, 3.63) is 24.3 Å². The zero-order chi connectivity index (χ0) is 11.1. The van der Waals surface area contributed by atoms with E-state index in [0.29, 0.717) is 12.2 Å². The molecule has 4 heteroatoms. The lowest BCUT2D eigenvalue weighted by Gasteiger charge is -2.02. The molecule has 3 nitrogen and oxygen atoms in total. The Morgan fingerprint density at radius 2 is 2.00 bits per heavy atom. The summed E-state index contributed by atoms with van der Waals surface area (Å²) in [6.07, 6.45) is 1.77. The summed E-state index contributed by atoms with van der Waals surface area (Å²) in [5.74, 6) is 0.383. The highest BCUT2D eigenvalue weighted by Gasteiger charge is 2.00. The van der Waals surface area contributed by atoms with Gasteiger partial charge < -0.3 is 10.2 Å². The highest BCUT2D eigenvalue weighted by Crippen LogP contribution is 2.28. The Morgan fingerprint density at radius 3 is 2.67 bits per heavy atom. The quantitative estimate of drug-likeness (QED) is 0.578. The summed E-state index contributed by atoms with van der Waals surface area (Å²) in [4.78, 5) is 11.1. The fraction of sp³-hybridized carbons (Fsp3) is 0.364. The summed E-state index contributed by atoms with van der Waals surface area (Å²) < 4.78 is 0. The molecule has 15 heavy (non-hydrogen) atoms. The molecule has 0 saturated carbocycles. The number of phenolic OH excluding ortho intramolecular Hbond substituents is 1. The fourth-order valence-corrected chi connectivity index (χ4v) is 2.10. The lowest BCUT2D eigenvalue weighted by molar-refractivity contribution is -0.137. The molecule has 0 unspecified atom stereocenters. The van der Waals surface area contributed by atoms with Gasteiger partial charge in [-0.15, -0.1) is 11.8 Å². The number of unbranched alkanes of at least 4 members (excludes halogenated alkanes) is 1. The van der Waals surface area contributed by atoms with E-state index >= 15 is 0 Å². The molecule has 0 heterocycles. The average Bonchev–Trinajstić information content (AvgIpc) is 2.20. The van der Waals surface area contributed by atoms with Crippen LogP contribution in [0.4, 0.5) is 0 Å². The maximum atomic E-state index is 10.2. The molecule has 0 aliphatic carbocycles. The van der Waals surface area contributed by atoms with Crippen LogP contribution in [0.5, 0.6) is 5.75 Å². The summed E-state index contributed by atoms with van der Waals surface area (Å²) >= 11 is 1.56. The van der Waals surface area contributed by atoms with Crippen molar-refractivity contribution in [1.82, 2.24) is 0 Å². The van der Waals surface area contributed by atoms with Gasteiger partial charge in [-0.1, -0.05) is 12.1 Å². The van der Waals surface area contributed by atoms with Gasteiger partial charge in [0.15, 0.2) is 0 Å². The van der Waals surface area contributed by atoms with Crippen molar-refractivity contribution >= 4 is 17.7 Å². The molecule has 0 atom stereocenters. The largest absolute Gasteiger partial charge is 0.507 e. The minimum atomic E-state index is -0.748. The standard InChI is InChI=1S/C11H14O3S/c12-9-5-1-2-6-10(9)15-8-4-3-7-11(13)14/h1-2,5-6,12H,3-4,7-8H2,(H,13,14). The summed E-state index contributed by atoms with van der Waals surface area (Å²) in [6, 6.07) is 7.17. The second-order valence-corrected chi connectivity index (χ2v) is 4.30. The van der Waals surface area contributed by atoms with Crippen molar-refractivity contribution in [3.8, 4) is 5.75 Å². The predicted octanol–water partition coefficient (Wildman–Crippen LogP) is 2.74. The molecule has 2 N–H and O–H groups in total. The molecule has 0 amide bonds. The minimum absolute atomic E-state index is 0.224. The Balaban J connectivity index is 2.21. The number of carboxylic acid groups (broad SMARTS) is 1. The third-order valence-corrected chi connectivity index (χ3v) is 3.06. The number of hydrogen-bond donors (Lipinski definition) is 2. The van der Waals surface area contributed by atoms with Crippen LogP contribution < -0.4 is 0 Å². The monoisotopic (exact) mass is 226 g/mol. The predicted molar refractivity (Wildman–Crippen MR) is 60.3 cm³/mol. The summed E-state index contributed by atoms with van der Waals surface area (Å²) in [7, 11) is 0. The molecule has 1 aromatic carbocycles. The second kappa shape index (κ2) is 6.35. The molecule has 0 saturated heterocycles. The van der Waals surface area contributed by atoms with E-state index in [-0.39, 0.29) is 6.42 Å². The summed E-state index contributed by atoms with van der Waals surface area (Å²) in [6.45, 7) is 0. The molecule has 0 spiro atoms. The topological polar surface area (TPSA) is 57.5 Å². The van der Waals surface area contributed by atoms with E-state index in [1.807, 2.05) is 12.1 Å². The number of aromatic hydroxyl groups is 1. The van der Waals surface area contributed by atoms with Crippen LogP contribution in [-0.4, -0.2) is 21.9 Å². The van der Waals surface area contributed by atoms with Crippen molar-refractivity contribution in [2.24, 2.45) is 0 Å². The molecule has 0 aliphatic heterocycles. The van der Waals surface area contributed by atoms with Crippen molar-refractivity contribution in [2.75, 3.05) is 5.75 Å². The van der Waals surface area contributed by atoms with Crippen molar-refractivity contribution in [2.45, 2.75) is 24.2 Å². The third-order valence-electron chi connectivity index (χ3n) is 1.91. The number of carbonyl (C=O) groups is 1. The van der Waals surface area contributed by atoms with Gasteiger partial charge in [-0.3, -0.25) is 4.79 Å². The van der Waals surface area contributed by atoms with E-state index in [9.17, 15) is 9.90 Å². The first-order chi connectivity index (χ1) is 7.20. The summed E-state index contributed by atoms with van der Waals surface area (Å²) in [5, 5.41) is 17.9. The number of rotatable bonds is 6. The van der Waals surface area contributed by atoms with Gasteiger partial charge in [0, 0.05) is 11.3 Å². The minimum Gasteiger partial charge on any atom is -0.507 e. The number of phenols is 1. The van der Waals surface area contributed by atoms with E-state index in [1.165, 1.54) is 0 Å². The number of benzene rings is 1. The highest BCUT2D eigenvalue weighted by molar-refractivity contribution is 7.99. The van der Waals surface area contributed by atoms with E-state index in [4.69, 9.17) is 5.11 Å². The van der Waals surface area contributed by atoms with Crippen LogP contribution in [0.2, 0.25) is 0 Å². The van der Waals surface area contributed by atoms with Crippen LogP contribution in [0, 0.1) is 0 Å². The van der Waals surface area contributed by atoms with Gasteiger partial charge in [0.05, 0.1) is 0 Å². The Hall–Kier alpha value is -1.16. The first kappa shape index (κ1) is 11.9. The lowest BCUT2D eigenvalue weighted by atomic mass is 10.2. The molecule has 1 rings (SSSR count). The van der Waals surface area contributed by atoms with Crippen molar-refractivity contribution in [1.29, 1.82) is 0 Å². The molecule has 1 aromatic rings. The normalized spacial score (nSPS) is 10.1. The number of carboxylic acids is 1. The number of aliphatic carboxylic acids is 1. The molecule has 0 aliphatic rings. The Morgan fingerprint density at radius 1 is 1.27 bits per heavy atom. The zero-order valence-corrected chi connectivity index (χ0v) is 9.17. The molecular weight excluding hydrogens is 212 g/mol. The number of thioether (sulfide) groups is 1. The smallest absolute Gasteiger partial charge is 0.303 e. The van der Waals surface area contributed by atoms with E-state index in [0.717, 1.165) is 17.1 Å². The molecule has 0 radical (unpaired) electrons. The fourth-order valence-electron chi connectivity index (χ4n) is 1.14. The first-order valence-electron chi connectivity index (χ1n) is 4.83. The van der Waals surface area contributed by atoms with Crippen LogP contribution in [0.15, 0.2) is 29.2 Å². The van der Waals surface area contributed by atoms with Gasteiger partial charge in [-0.05, 0) is 30.7 Å².